The molecular weight excluding hydrogens is 458 g/mol. The molecule has 0 nitrogen and oxygen atoms in total. The average Bonchev–Trinajstić information content (AvgIpc) is 3.22. The van der Waals surface area contributed by atoms with Gasteiger partial charge in [-0.2, -0.15) is 0 Å². The number of hydrogen-bond donors (Lipinski definition) is 0. The van der Waals surface area contributed by atoms with Crippen molar-refractivity contribution >= 4 is 21.5 Å². The number of fused-ring (bicyclic) bond motifs is 3. The van der Waals surface area contributed by atoms with Gasteiger partial charge in [0.2, 0.25) is 0 Å². The van der Waals surface area contributed by atoms with Crippen molar-refractivity contribution in [2.75, 3.05) is 0 Å². The van der Waals surface area contributed by atoms with Gasteiger partial charge in [-0.15, -0.1) is 0 Å². The lowest BCUT2D eigenvalue weighted by molar-refractivity contribution is 0.577. The molecular formula is C35H36F2. The fraction of sp³-hybridized carbons (Fsp3) is 0.257. The molecule has 0 spiro atoms. The van der Waals surface area contributed by atoms with E-state index in [9.17, 15) is 8.78 Å². The van der Waals surface area contributed by atoms with Crippen molar-refractivity contribution < 1.29 is 8.78 Å². The summed E-state index contributed by atoms with van der Waals surface area (Å²) in [5.74, 6) is -0.0765. The van der Waals surface area contributed by atoms with E-state index in [-0.39, 0.29) is 5.56 Å². The standard InChI is InChI=1S/C12H10F2.C12H12.C11H14/c1-7-3-4-10-9(5-7)6-11(13)8(2)12(10)14;1-9-3-5-12-8-10(2)4-6-11(12)7-9;1-8-3-4-10-6-9(2)7-11(10)5-8/h3-6H,1-2H3;3-8H,1-2H3;3-5,9H,6-7H2,1-2H3. The normalized spacial score (nSPS) is 14.0. The fourth-order valence-electron chi connectivity index (χ4n) is 5.00. The minimum Gasteiger partial charge on any atom is -0.207 e. The predicted octanol–water partition coefficient (Wildman–Crippen LogP) is 9.92. The van der Waals surface area contributed by atoms with Crippen LogP contribution >= 0.6 is 0 Å². The van der Waals surface area contributed by atoms with Crippen LogP contribution in [-0.4, -0.2) is 0 Å². The molecule has 0 saturated carbocycles. The van der Waals surface area contributed by atoms with Crippen molar-refractivity contribution in [1.29, 1.82) is 0 Å². The molecule has 2 heteroatoms. The Morgan fingerprint density at radius 1 is 0.541 bits per heavy atom. The molecule has 0 amide bonds. The van der Waals surface area contributed by atoms with Crippen LogP contribution < -0.4 is 0 Å². The Balaban J connectivity index is 0.000000131. The highest BCUT2D eigenvalue weighted by Crippen LogP contribution is 2.27. The summed E-state index contributed by atoms with van der Waals surface area (Å²) in [6.07, 6.45) is 2.58. The number of hydrogen-bond acceptors (Lipinski definition) is 0. The van der Waals surface area contributed by atoms with E-state index in [2.05, 4.69) is 82.3 Å². The van der Waals surface area contributed by atoms with E-state index in [0.29, 0.717) is 10.8 Å². The monoisotopic (exact) mass is 494 g/mol. The van der Waals surface area contributed by atoms with Crippen LogP contribution in [0.25, 0.3) is 21.5 Å². The smallest absolute Gasteiger partial charge is 0.136 e. The first-order chi connectivity index (χ1) is 17.6. The van der Waals surface area contributed by atoms with Gasteiger partial charge in [0, 0.05) is 10.9 Å². The van der Waals surface area contributed by atoms with Crippen LogP contribution in [0.1, 0.15) is 45.9 Å². The van der Waals surface area contributed by atoms with Gasteiger partial charge < -0.3 is 0 Å². The van der Waals surface area contributed by atoms with E-state index in [4.69, 9.17) is 0 Å². The molecule has 0 heterocycles. The molecule has 5 aromatic carbocycles. The van der Waals surface area contributed by atoms with E-state index in [1.165, 1.54) is 53.3 Å². The maximum Gasteiger partial charge on any atom is 0.136 e. The summed E-state index contributed by atoms with van der Waals surface area (Å²) in [5.41, 5.74) is 8.29. The quantitative estimate of drug-likeness (QED) is 0.201. The molecule has 1 atom stereocenters. The lowest BCUT2D eigenvalue weighted by Gasteiger charge is -2.04. The van der Waals surface area contributed by atoms with E-state index in [1.54, 1.807) is 23.3 Å². The minimum atomic E-state index is -0.486. The Kier molecular flexibility index (Phi) is 8.07. The molecule has 6 rings (SSSR count). The largest absolute Gasteiger partial charge is 0.207 e. The van der Waals surface area contributed by atoms with Crippen molar-refractivity contribution in [3.05, 3.63) is 129 Å². The molecule has 0 N–H and O–H groups in total. The number of aryl methyl sites for hydroxylation is 4. The summed E-state index contributed by atoms with van der Waals surface area (Å²) in [6.45, 7) is 12.1. The van der Waals surface area contributed by atoms with Gasteiger partial charge in [-0.1, -0.05) is 102 Å². The zero-order chi connectivity index (χ0) is 26.7. The first kappa shape index (κ1) is 26.5. The van der Waals surface area contributed by atoms with Gasteiger partial charge >= 0.3 is 0 Å². The summed E-state index contributed by atoms with van der Waals surface area (Å²) in [7, 11) is 0. The highest BCUT2D eigenvalue weighted by Gasteiger charge is 2.16. The first-order valence-electron chi connectivity index (χ1n) is 13.0. The topological polar surface area (TPSA) is 0 Å². The van der Waals surface area contributed by atoms with E-state index < -0.39 is 11.6 Å². The van der Waals surface area contributed by atoms with Crippen LogP contribution in [0.15, 0.2) is 78.9 Å². The third kappa shape index (κ3) is 6.43. The highest BCUT2D eigenvalue weighted by molar-refractivity contribution is 5.85. The van der Waals surface area contributed by atoms with Crippen LogP contribution in [-0.2, 0) is 12.8 Å². The van der Waals surface area contributed by atoms with Crippen molar-refractivity contribution in [3.8, 4) is 0 Å². The fourth-order valence-corrected chi connectivity index (χ4v) is 5.00. The molecule has 0 saturated heterocycles. The molecule has 190 valence electrons. The lowest BCUT2D eigenvalue weighted by atomic mass is 10.0. The van der Waals surface area contributed by atoms with Crippen molar-refractivity contribution in [2.24, 2.45) is 5.92 Å². The molecule has 37 heavy (non-hydrogen) atoms. The zero-order valence-corrected chi connectivity index (χ0v) is 22.8. The Bertz CT molecular complexity index is 1520. The van der Waals surface area contributed by atoms with Crippen LogP contribution in [0.3, 0.4) is 0 Å². The second-order valence-electron chi connectivity index (χ2n) is 10.7. The first-order valence-corrected chi connectivity index (χ1v) is 13.0. The van der Waals surface area contributed by atoms with Crippen LogP contribution in [0.4, 0.5) is 8.78 Å². The van der Waals surface area contributed by atoms with Gasteiger partial charge in [-0.05, 0) is 86.7 Å². The second-order valence-corrected chi connectivity index (χ2v) is 10.7. The van der Waals surface area contributed by atoms with E-state index >= 15 is 0 Å². The predicted molar refractivity (Wildman–Crippen MR) is 155 cm³/mol. The molecule has 0 aromatic heterocycles. The van der Waals surface area contributed by atoms with Crippen LogP contribution in [0.2, 0.25) is 0 Å². The van der Waals surface area contributed by atoms with Crippen LogP contribution in [0.5, 0.6) is 0 Å². The third-order valence-electron chi connectivity index (χ3n) is 7.06. The second kappa shape index (κ2) is 11.3. The number of rotatable bonds is 0. The molecule has 1 unspecified atom stereocenters. The SMILES string of the molecule is Cc1ccc2c(F)c(C)c(F)cc2c1.Cc1ccc2c(c1)CC(C)C2.Cc1ccc2cc(C)ccc2c1. The molecule has 0 fully saturated rings. The summed E-state index contributed by atoms with van der Waals surface area (Å²) in [5, 5.41) is 3.77. The molecule has 0 bridgehead atoms. The van der Waals surface area contributed by atoms with Gasteiger partial charge in [0.25, 0.3) is 0 Å². The van der Waals surface area contributed by atoms with Gasteiger partial charge in [-0.25, -0.2) is 8.78 Å². The maximum atomic E-state index is 13.6. The van der Waals surface area contributed by atoms with Crippen molar-refractivity contribution in [2.45, 2.75) is 54.4 Å². The summed E-state index contributed by atoms with van der Waals surface area (Å²) in [4.78, 5) is 0. The van der Waals surface area contributed by atoms with Crippen molar-refractivity contribution in [1.82, 2.24) is 0 Å². The molecule has 5 aromatic rings. The maximum absolute atomic E-state index is 13.6. The molecule has 0 aliphatic heterocycles. The molecule has 1 aliphatic rings. The van der Waals surface area contributed by atoms with E-state index in [1.807, 2.05) is 13.0 Å². The van der Waals surface area contributed by atoms with Gasteiger partial charge in [0.1, 0.15) is 11.6 Å². The molecule has 0 radical (unpaired) electrons. The summed E-state index contributed by atoms with van der Waals surface area (Å²) < 4.78 is 26.8. The Morgan fingerprint density at radius 3 is 1.65 bits per heavy atom. The number of benzene rings is 5. The van der Waals surface area contributed by atoms with E-state index in [0.717, 1.165) is 11.5 Å². The Morgan fingerprint density at radius 2 is 1.03 bits per heavy atom. The summed E-state index contributed by atoms with van der Waals surface area (Å²) >= 11 is 0. The third-order valence-corrected chi connectivity index (χ3v) is 7.06. The van der Waals surface area contributed by atoms with Crippen molar-refractivity contribution in [3.63, 3.8) is 0 Å². The Labute approximate surface area is 220 Å². The number of halogens is 2. The van der Waals surface area contributed by atoms with Gasteiger partial charge in [0.05, 0.1) is 0 Å². The summed E-state index contributed by atoms with van der Waals surface area (Å²) in [6, 6.07) is 26.6. The van der Waals surface area contributed by atoms with Gasteiger partial charge in [0.15, 0.2) is 0 Å². The highest BCUT2D eigenvalue weighted by atomic mass is 19.1. The molecule has 1 aliphatic carbocycles. The Hall–Kier alpha value is -3.52. The van der Waals surface area contributed by atoms with Crippen LogP contribution in [0, 0.1) is 52.2 Å². The lowest BCUT2D eigenvalue weighted by Crippen LogP contribution is -1.90. The minimum absolute atomic E-state index is 0.0846. The zero-order valence-electron chi connectivity index (χ0n) is 22.8. The van der Waals surface area contributed by atoms with Gasteiger partial charge in [-0.3, -0.25) is 0 Å². The average molecular weight is 495 g/mol.